The zero-order chi connectivity index (χ0) is 12.9. The van der Waals surface area contributed by atoms with Gasteiger partial charge in [-0.25, -0.2) is 0 Å². The largest absolute Gasteiger partial charge is 0.316 e. The molecule has 4 rings (SSSR count). The van der Waals surface area contributed by atoms with E-state index in [1.807, 2.05) is 0 Å². The molecule has 0 aliphatic carbocycles. The molecule has 96 valence electrons. The van der Waals surface area contributed by atoms with E-state index in [2.05, 4.69) is 55.6 Å². The van der Waals surface area contributed by atoms with Crippen LogP contribution in [-0.2, 0) is 19.4 Å². The van der Waals surface area contributed by atoms with Gasteiger partial charge in [-0.05, 0) is 11.1 Å². The van der Waals surface area contributed by atoms with Gasteiger partial charge in [-0.2, -0.15) is 0 Å². The zero-order valence-corrected chi connectivity index (χ0v) is 11.5. The quantitative estimate of drug-likeness (QED) is 0.628. The normalized spacial score (nSPS) is 28.2. The van der Waals surface area contributed by atoms with Gasteiger partial charge in [0.25, 0.3) is 0 Å². The van der Waals surface area contributed by atoms with E-state index in [-0.39, 0.29) is 0 Å². The van der Waals surface area contributed by atoms with Gasteiger partial charge in [-0.3, -0.25) is 0 Å². The Morgan fingerprint density at radius 1 is 0.895 bits per heavy atom. The van der Waals surface area contributed by atoms with Crippen molar-refractivity contribution in [3.63, 3.8) is 0 Å². The molecule has 2 aliphatic heterocycles. The average molecular weight is 250 g/mol. The van der Waals surface area contributed by atoms with Gasteiger partial charge in [-0.1, -0.05) is 48.5 Å². The Balaban J connectivity index is 1.85. The van der Waals surface area contributed by atoms with Crippen molar-refractivity contribution in [3.05, 3.63) is 70.8 Å². The Morgan fingerprint density at radius 2 is 1.58 bits per heavy atom. The average Bonchev–Trinajstić information content (AvgIpc) is 2.45. The molecule has 0 N–H and O–H groups in total. The fourth-order valence-corrected chi connectivity index (χ4v) is 3.98. The maximum absolute atomic E-state index is 2.44. The Morgan fingerprint density at radius 3 is 2.42 bits per heavy atom. The van der Waals surface area contributed by atoms with E-state index in [0.717, 1.165) is 0 Å². The second-order valence-electron chi connectivity index (χ2n) is 6.30. The van der Waals surface area contributed by atoms with Gasteiger partial charge in [0.1, 0.15) is 12.6 Å². The standard InChI is InChI=1S/C18H20N/c1-19-11-10-14-6-4-5-9-17(14)18(19)12-15-7-2-3-8-16(15)13-19/h2-9,18H,10-13H2,1H3/q+1/t18-,19?/m0/s1. The molecule has 0 saturated heterocycles. The van der Waals surface area contributed by atoms with Crippen LogP contribution in [0.4, 0.5) is 0 Å². The number of nitrogens with zero attached hydrogens (tertiary/aromatic N) is 1. The highest BCUT2D eigenvalue weighted by molar-refractivity contribution is 5.36. The van der Waals surface area contributed by atoms with E-state index in [4.69, 9.17) is 0 Å². The molecule has 0 spiro atoms. The molecule has 0 bridgehead atoms. The Hall–Kier alpha value is -1.60. The number of rotatable bonds is 0. The SMILES string of the molecule is C[N+]12CCc3ccccc3[C@@H]1Cc1ccccc1C2. The van der Waals surface area contributed by atoms with Crippen molar-refractivity contribution in [3.8, 4) is 0 Å². The molecule has 0 saturated carbocycles. The first kappa shape index (κ1) is 11.2. The van der Waals surface area contributed by atoms with Crippen LogP contribution in [0.25, 0.3) is 0 Å². The van der Waals surface area contributed by atoms with Crippen LogP contribution in [0, 0.1) is 0 Å². The summed E-state index contributed by atoms with van der Waals surface area (Å²) < 4.78 is 1.19. The van der Waals surface area contributed by atoms with E-state index in [0.29, 0.717) is 6.04 Å². The van der Waals surface area contributed by atoms with Crippen molar-refractivity contribution in [1.29, 1.82) is 0 Å². The number of fused-ring (bicyclic) bond motifs is 4. The second kappa shape index (κ2) is 3.94. The monoisotopic (exact) mass is 250 g/mol. The van der Waals surface area contributed by atoms with Crippen LogP contribution in [0.2, 0.25) is 0 Å². The third-order valence-corrected chi connectivity index (χ3v) is 5.12. The molecule has 0 amide bonds. The third-order valence-electron chi connectivity index (χ3n) is 5.12. The Kier molecular flexibility index (Phi) is 2.33. The molecule has 2 aliphatic rings. The molecule has 19 heavy (non-hydrogen) atoms. The Bertz CT molecular complexity index is 631. The fraction of sp³-hybridized carbons (Fsp3) is 0.333. The van der Waals surface area contributed by atoms with E-state index in [1.165, 1.54) is 30.4 Å². The van der Waals surface area contributed by atoms with Crippen molar-refractivity contribution < 1.29 is 4.48 Å². The maximum Gasteiger partial charge on any atom is 0.119 e. The highest BCUT2D eigenvalue weighted by Gasteiger charge is 2.42. The van der Waals surface area contributed by atoms with Gasteiger partial charge in [-0.15, -0.1) is 0 Å². The van der Waals surface area contributed by atoms with Gasteiger partial charge in [0.2, 0.25) is 0 Å². The lowest BCUT2D eigenvalue weighted by molar-refractivity contribution is -0.956. The lowest BCUT2D eigenvalue weighted by atomic mass is 9.82. The predicted octanol–water partition coefficient (Wildman–Crippen LogP) is 3.49. The summed E-state index contributed by atoms with van der Waals surface area (Å²) in [4.78, 5) is 0. The number of likely N-dealkylation sites (N-methyl/N-ethyl adjacent to an activating group) is 1. The van der Waals surface area contributed by atoms with E-state index < -0.39 is 0 Å². The zero-order valence-electron chi connectivity index (χ0n) is 11.5. The minimum Gasteiger partial charge on any atom is -0.316 e. The number of hydrogen-bond acceptors (Lipinski definition) is 0. The van der Waals surface area contributed by atoms with Crippen LogP contribution < -0.4 is 0 Å². The summed E-state index contributed by atoms with van der Waals surface area (Å²) in [6.45, 7) is 2.46. The van der Waals surface area contributed by atoms with Crippen LogP contribution in [-0.4, -0.2) is 18.1 Å². The topological polar surface area (TPSA) is 0 Å². The maximum atomic E-state index is 2.44. The molecule has 0 fully saturated rings. The van der Waals surface area contributed by atoms with Crippen LogP contribution in [0.1, 0.15) is 28.3 Å². The van der Waals surface area contributed by atoms with Gasteiger partial charge >= 0.3 is 0 Å². The van der Waals surface area contributed by atoms with Crippen molar-refractivity contribution in [2.75, 3.05) is 13.6 Å². The first-order chi connectivity index (χ1) is 9.26. The van der Waals surface area contributed by atoms with Crippen LogP contribution in [0.3, 0.4) is 0 Å². The van der Waals surface area contributed by atoms with Gasteiger partial charge in [0.15, 0.2) is 0 Å². The molecule has 0 aromatic heterocycles. The van der Waals surface area contributed by atoms with Gasteiger partial charge < -0.3 is 4.48 Å². The second-order valence-corrected chi connectivity index (χ2v) is 6.30. The third kappa shape index (κ3) is 1.65. The molecule has 2 heterocycles. The number of quaternary nitrogens is 1. The molecule has 1 heteroatoms. The van der Waals surface area contributed by atoms with E-state index in [9.17, 15) is 0 Å². The van der Waals surface area contributed by atoms with Crippen LogP contribution >= 0.6 is 0 Å². The summed E-state index contributed by atoms with van der Waals surface area (Å²) in [6.07, 6.45) is 2.43. The number of benzene rings is 2. The molecule has 1 nitrogen and oxygen atoms in total. The Labute approximate surface area is 115 Å². The fourth-order valence-electron chi connectivity index (χ4n) is 3.98. The highest BCUT2D eigenvalue weighted by Crippen LogP contribution is 2.42. The van der Waals surface area contributed by atoms with Crippen LogP contribution in [0.5, 0.6) is 0 Å². The molecule has 2 atom stereocenters. The summed E-state index contributed by atoms with van der Waals surface area (Å²) in [7, 11) is 2.44. The summed E-state index contributed by atoms with van der Waals surface area (Å²) in [5.74, 6) is 0. The first-order valence-electron chi connectivity index (χ1n) is 7.25. The van der Waals surface area contributed by atoms with Gasteiger partial charge in [0, 0.05) is 24.0 Å². The molecule has 0 radical (unpaired) electrons. The lowest BCUT2D eigenvalue weighted by Crippen LogP contribution is -2.53. The molecular formula is C18H20N+. The van der Waals surface area contributed by atoms with E-state index in [1.54, 1.807) is 22.3 Å². The van der Waals surface area contributed by atoms with Crippen molar-refractivity contribution in [2.24, 2.45) is 0 Å². The first-order valence-corrected chi connectivity index (χ1v) is 7.25. The smallest absolute Gasteiger partial charge is 0.119 e. The van der Waals surface area contributed by atoms with Crippen LogP contribution in [0.15, 0.2) is 48.5 Å². The van der Waals surface area contributed by atoms with Gasteiger partial charge in [0.05, 0.1) is 13.6 Å². The molecule has 2 aromatic carbocycles. The van der Waals surface area contributed by atoms with Crippen molar-refractivity contribution in [2.45, 2.75) is 25.4 Å². The molecule has 1 unspecified atom stereocenters. The molecular weight excluding hydrogens is 230 g/mol. The summed E-state index contributed by atoms with van der Waals surface area (Å²) in [6, 6.07) is 18.7. The minimum atomic E-state index is 0.653. The van der Waals surface area contributed by atoms with Crippen molar-refractivity contribution >= 4 is 0 Å². The van der Waals surface area contributed by atoms with Crippen molar-refractivity contribution in [1.82, 2.24) is 0 Å². The minimum absolute atomic E-state index is 0.653. The summed E-state index contributed by atoms with van der Waals surface area (Å²) in [5.41, 5.74) is 6.27. The number of hydrogen-bond donors (Lipinski definition) is 0. The van der Waals surface area contributed by atoms with E-state index >= 15 is 0 Å². The highest BCUT2D eigenvalue weighted by atomic mass is 15.4. The molecule has 2 aromatic rings. The summed E-state index contributed by atoms with van der Waals surface area (Å²) in [5, 5.41) is 0. The lowest BCUT2D eigenvalue weighted by Gasteiger charge is -2.48. The summed E-state index contributed by atoms with van der Waals surface area (Å²) >= 11 is 0. The predicted molar refractivity (Wildman–Crippen MR) is 77.8 cm³/mol.